The summed E-state index contributed by atoms with van der Waals surface area (Å²) in [6.45, 7) is 7.49. The summed E-state index contributed by atoms with van der Waals surface area (Å²) in [6.07, 6.45) is 1.84. The number of hydrogen-bond acceptors (Lipinski definition) is 4. The Hall–Kier alpha value is -1.60. The van der Waals surface area contributed by atoms with Gasteiger partial charge in [-0.1, -0.05) is 0 Å². The quantitative estimate of drug-likeness (QED) is 0.812. The second-order valence-electron chi connectivity index (χ2n) is 7.28. The van der Waals surface area contributed by atoms with Crippen LogP contribution >= 0.6 is 0 Å². The molecule has 1 aromatic carbocycles. The van der Waals surface area contributed by atoms with Crippen LogP contribution in [0.3, 0.4) is 0 Å². The summed E-state index contributed by atoms with van der Waals surface area (Å²) >= 11 is 0. The Balaban J connectivity index is 1.93. The molecular formula is C17H24N2O4S. The maximum absolute atomic E-state index is 12.9. The molecule has 2 aliphatic heterocycles. The Morgan fingerprint density at radius 1 is 1.33 bits per heavy atom. The van der Waals surface area contributed by atoms with Crippen LogP contribution in [0.25, 0.3) is 0 Å². The van der Waals surface area contributed by atoms with Crippen molar-refractivity contribution in [1.29, 1.82) is 0 Å². The predicted octanol–water partition coefficient (Wildman–Crippen LogP) is 1.65. The van der Waals surface area contributed by atoms with Gasteiger partial charge < -0.3 is 9.64 Å². The molecule has 0 aliphatic carbocycles. The van der Waals surface area contributed by atoms with E-state index in [1.807, 2.05) is 31.7 Å². The number of amides is 1. The van der Waals surface area contributed by atoms with Crippen molar-refractivity contribution in [3.8, 4) is 0 Å². The van der Waals surface area contributed by atoms with Crippen molar-refractivity contribution in [2.24, 2.45) is 0 Å². The van der Waals surface area contributed by atoms with E-state index in [-0.39, 0.29) is 17.5 Å². The van der Waals surface area contributed by atoms with E-state index in [4.69, 9.17) is 4.74 Å². The number of carbonyl (C=O) groups excluding carboxylic acids is 1. The third-order valence-corrected chi connectivity index (χ3v) is 6.00. The van der Waals surface area contributed by atoms with Gasteiger partial charge in [-0.05, 0) is 51.0 Å². The second-order valence-corrected chi connectivity index (χ2v) is 9.14. The van der Waals surface area contributed by atoms with Gasteiger partial charge in [-0.2, -0.15) is 0 Å². The third-order valence-electron chi connectivity index (χ3n) is 4.73. The van der Waals surface area contributed by atoms with Crippen LogP contribution in [0.4, 0.5) is 5.69 Å². The molecule has 0 spiro atoms. The van der Waals surface area contributed by atoms with Crippen molar-refractivity contribution in [3.05, 3.63) is 29.3 Å². The SMILES string of the molecule is CC1Cc2cc(C(=O)N3CCOCC3(C)C)ccc2N1S(C)(=O)=O. The minimum atomic E-state index is -3.32. The maximum Gasteiger partial charge on any atom is 0.254 e. The molecule has 7 heteroatoms. The predicted molar refractivity (Wildman–Crippen MR) is 92.9 cm³/mol. The van der Waals surface area contributed by atoms with Crippen molar-refractivity contribution in [2.75, 3.05) is 30.3 Å². The minimum absolute atomic E-state index is 0.0310. The zero-order valence-electron chi connectivity index (χ0n) is 14.6. The monoisotopic (exact) mass is 352 g/mol. The summed E-state index contributed by atoms with van der Waals surface area (Å²) in [7, 11) is -3.32. The molecule has 1 amide bonds. The van der Waals surface area contributed by atoms with Gasteiger partial charge in [-0.25, -0.2) is 8.42 Å². The normalized spacial score (nSPS) is 23.2. The van der Waals surface area contributed by atoms with Gasteiger partial charge in [0.15, 0.2) is 0 Å². The molecule has 1 unspecified atom stereocenters. The van der Waals surface area contributed by atoms with E-state index < -0.39 is 10.0 Å². The Kier molecular flexibility index (Phi) is 4.12. The van der Waals surface area contributed by atoms with Gasteiger partial charge in [-0.15, -0.1) is 0 Å². The summed E-state index contributed by atoms with van der Waals surface area (Å²) in [4.78, 5) is 14.8. The first-order chi connectivity index (χ1) is 11.1. The van der Waals surface area contributed by atoms with Crippen LogP contribution in [0, 0.1) is 0 Å². The van der Waals surface area contributed by atoms with Crippen LogP contribution in [0.2, 0.25) is 0 Å². The minimum Gasteiger partial charge on any atom is -0.377 e. The molecule has 3 rings (SSSR count). The maximum atomic E-state index is 12.9. The fraction of sp³-hybridized carbons (Fsp3) is 0.588. The van der Waals surface area contributed by atoms with Crippen molar-refractivity contribution in [2.45, 2.75) is 38.8 Å². The van der Waals surface area contributed by atoms with E-state index in [1.54, 1.807) is 12.1 Å². The molecule has 24 heavy (non-hydrogen) atoms. The average Bonchev–Trinajstić information content (AvgIpc) is 2.80. The third kappa shape index (κ3) is 2.91. The Morgan fingerprint density at radius 2 is 2.04 bits per heavy atom. The van der Waals surface area contributed by atoms with Gasteiger partial charge in [0.2, 0.25) is 10.0 Å². The number of morpholine rings is 1. The van der Waals surface area contributed by atoms with Crippen LogP contribution in [0.5, 0.6) is 0 Å². The molecule has 1 aromatic rings. The Labute approximate surface area is 143 Å². The standard InChI is InChI=1S/C17H24N2O4S/c1-12-9-14-10-13(5-6-15(14)19(12)24(4,21)22)16(20)18-7-8-23-11-17(18,2)3/h5-6,10,12H,7-9,11H2,1-4H3. The lowest BCUT2D eigenvalue weighted by Crippen LogP contribution is -2.55. The molecular weight excluding hydrogens is 328 g/mol. The number of fused-ring (bicyclic) bond motifs is 1. The number of ether oxygens (including phenoxy) is 1. The molecule has 1 fully saturated rings. The van der Waals surface area contributed by atoms with Gasteiger partial charge in [0.1, 0.15) is 0 Å². The summed E-state index contributed by atoms with van der Waals surface area (Å²) in [6, 6.07) is 5.19. The topological polar surface area (TPSA) is 66.9 Å². The largest absolute Gasteiger partial charge is 0.377 e. The highest BCUT2D eigenvalue weighted by Crippen LogP contribution is 2.35. The summed E-state index contributed by atoms with van der Waals surface area (Å²) in [5.74, 6) is -0.0310. The molecule has 2 heterocycles. The molecule has 0 radical (unpaired) electrons. The number of hydrogen-bond donors (Lipinski definition) is 0. The highest BCUT2D eigenvalue weighted by atomic mass is 32.2. The first-order valence-corrected chi connectivity index (χ1v) is 9.98. The van der Waals surface area contributed by atoms with Crippen molar-refractivity contribution < 1.29 is 17.9 Å². The van der Waals surface area contributed by atoms with E-state index in [9.17, 15) is 13.2 Å². The number of rotatable bonds is 2. The van der Waals surface area contributed by atoms with Crippen LogP contribution < -0.4 is 4.31 Å². The van der Waals surface area contributed by atoms with Gasteiger partial charge in [0.05, 0.1) is 30.7 Å². The molecule has 6 nitrogen and oxygen atoms in total. The fourth-order valence-corrected chi connectivity index (χ4v) is 4.90. The molecule has 1 saturated heterocycles. The Morgan fingerprint density at radius 3 is 2.67 bits per heavy atom. The summed E-state index contributed by atoms with van der Waals surface area (Å²) < 4.78 is 30.9. The van der Waals surface area contributed by atoms with Gasteiger partial charge >= 0.3 is 0 Å². The first-order valence-electron chi connectivity index (χ1n) is 8.13. The van der Waals surface area contributed by atoms with Crippen LogP contribution in [-0.4, -0.2) is 56.8 Å². The van der Waals surface area contributed by atoms with Crippen LogP contribution in [0.15, 0.2) is 18.2 Å². The summed E-state index contributed by atoms with van der Waals surface area (Å²) in [5, 5.41) is 0. The number of carbonyl (C=O) groups is 1. The number of benzene rings is 1. The van der Waals surface area contributed by atoms with Gasteiger partial charge in [0, 0.05) is 18.2 Å². The average molecular weight is 352 g/mol. The fourth-order valence-electron chi connectivity index (χ4n) is 3.63. The molecule has 1 atom stereocenters. The van der Waals surface area contributed by atoms with Crippen LogP contribution in [-0.2, 0) is 21.2 Å². The van der Waals surface area contributed by atoms with Gasteiger partial charge in [-0.3, -0.25) is 9.10 Å². The van der Waals surface area contributed by atoms with E-state index in [1.165, 1.54) is 10.6 Å². The number of sulfonamides is 1. The lowest BCUT2D eigenvalue weighted by Gasteiger charge is -2.42. The van der Waals surface area contributed by atoms with E-state index in [2.05, 4.69) is 0 Å². The number of anilines is 1. The second kappa shape index (κ2) is 5.74. The zero-order chi connectivity index (χ0) is 17.7. The molecule has 0 aromatic heterocycles. The van der Waals surface area contributed by atoms with E-state index in [0.717, 1.165) is 5.56 Å². The number of nitrogens with zero attached hydrogens (tertiary/aromatic N) is 2. The molecule has 2 aliphatic rings. The highest BCUT2D eigenvalue weighted by Gasteiger charge is 2.36. The van der Waals surface area contributed by atoms with Crippen molar-refractivity contribution >= 4 is 21.6 Å². The van der Waals surface area contributed by atoms with E-state index >= 15 is 0 Å². The smallest absolute Gasteiger partial charge is 0.254 e. The molecule has 0 saturated carbocycles. The van der Waals surface area contributed by atoms with E-state index in [0.29, 0.717) is 37.4 Å². The summed E-state index contributed by atoms with van der Waals surface area (Å²) in [5.41, 5.74) is 1.85. The van der Waals surface area contributed by atoms with Gasteiger partial charge in [0.25, 0.3) is 5.91 Å². The van der Waals surface area contributed by atoms with Crippen molar-refractivity contribution in [3.63, 3.8) is 0 Å². The Bertz CT molecular complexity index is 773. The molecule has 0 N–H and O–H groups in total. The molecule has 132 valence electrons. The van der Waals surface area contributed by atoms with Crippen LogP contribution in [0.1, 0.15) is 36.7 Å². The zero-order valence-corrected chi connectivity index (χ0v) is 15.4. The lowest BCUT2D eigenvalue weighted by molar-refractivity contribution is -0.0370. The molecule has 0 bridgehead atoms. The highest BCUT2D eigenvalue weighted by molar-refractivity contribution is 7.92. The lowest BCUT2D eigenvalue weighted by atomic mass is 9.99. The van der Waals surface area contributed by atoms with Crippen molar-refractivity contribution in [1.82, 2.24) is 4.90 Å². The first kappa shape index (κ1) is 17.2.